The largest absolute Gasteiger partial charge is 0.307 e. The van der Waals surface area contributed by atoms with Gasteiger partial charge in [0.25, 0.3) is 0 Å². The summed E-state index contributed by atoms with van der Waals surface area (Å²) >= 11 is 0. The zero-order chi connectivity index (χ0) is 12.3. The Hall–Kier alpha value is -1.20. The predicted octanol–water partition coefficient (Wildman–Crippen LogP) is 1.53. The van der Waals surface area contributed by atoms with E-state index >= 15 is 0 Å². The van der Waals surface area contributed by atoms with E-state index in [0.717, 1.165) is 12.2 Å². The van der Waals surface area contributed by atoms with Crippen LogP contribution in [0.4, 0.5) is 5.82 Å². The quantitative estimate of drug-likeness (QED) is 0.614. The van der Waals surface area contributed by atoms with Gasteiger partial charge in [-0.1, -0.05) is 6.42 Å². The molecule has 1 aliphatic heterocycles. The van der Waals surface area contributed by atoms with Crippen molar-refractivity contribution >= 4 is 5.82 Å². The van der Waals surface area contributed by atoms with Gasteiger partial charge in [0.15, 0.2) is 5.82 Å². The lowest BCUT2D eigenvalue weighted by Gasteiger charge is -2.38. The first-order valence-corrected chi connectivity index (χ1v) is 6.24. The van der Waals surface area contributed by atoms with Crippen LogP contribution in [0.25, 0.3) is 0 Å². The van der Waals surface area contributed by atoms with Crippen LogP contribution < -0.4 is 11.3 Å². The number of nitrogens with two attached hydrogens (primary N) is 1. The third-order valence-electron chi connectivity index (χ3n) is 3.57. The molecular weight excluding hydrogens is 214 g/mol. The highest BCUT2D eigenvalue weighted by molar-refractivity contribution is 5.28. The summed E-state index contributed by atoms with van der Waals surface area (Å²) in [7, 11) is 0. The topological polar surface area (TPSA) is 67.1 Å². The number of nitrogens with one attached hydrogen (secondary N) is 1. The van der Waals surface area contributed by atoms with E-state index in [9.17, 15) is 0 Å². The molecule has 5 nitrogen and oxygen atoms in total. The van der Waals surface area contributed by atoms with Gasteiger partial charge in [0.05, 0.1) is 18.1 Å². The van der Waals surface area contributed by atoms with Gasteiger partial charge >= 0.3 is 0 Å². The fourth-order valence-corrected chi connectivity index (χ4v) is 2.48. The number of rotatable bonds is 3. The fourth-order valence-electron chi connectivity index (χ4n) is 2.48. The van der Waals surface area contributed by atoms with E-state index in [1.165, 1.54) is 19.3 Å². The van der Waals surface area contributed by atoms with Crippen LogP contribution in [0.15, 0.2) is 12.4 Å². The van der Waals surface area contributed by atoms with Crippen molar-refractivity contribution in [2.24, 2.45) is 5.84 Å². The van der Waals surface area contributed by atoms with E-state index in [1.54, 1.807) is 12.4 Å². The molecule has 0 bridgehead atoms. The van der Waals surface area contributed by atoms with E-state index in [4.69, 9.17) is 5.84 Å². The first kappa shape index (κ1) is 12.3. The summed E-state index contributed by atoms with van der Waals surface area (Å²) in [5.74, 6) is 5.87. The molecule has 0 aromatic carbocycles. The van der Waals surface area contributed by atoms with E-state index in [0.29, 0.717) is 17.9 Å². The maximum atomic E-state index is 5.27. The molecule has 5 heteroatoms. The lowest BCUT2D eigenvalue weighted by Crippen LogP contribution is -2.43. The summed E-state index contributed by atoms with van der Waals surface area (Å²) in [5.41, 5.74) is 3.49. The number of hydrogen-bond donors (Lipinski definition) is 2. The Balaban J connectivity index is 2.03. The van der Waals surface area contributed by atoms with Gasteiger partial charge in [-0.15, -0.1) is 0 Å². The van der Waals surface area contributed by atoms with Crippen LogP contribution >= 0.6 is 0 Å². The Morgan fingerprint density at radius 2 is 2.00 bits per heavy atom. The molecule has 1 aromatic heterocycles. The third-order valence-corrected chi connectivity index (χ3v) is 3.57. The summed E-state index contributed by atoms with van der Waals surface area (Å²) in [5, 5.41) is 0. The second-order valence-electron chi connectivity index (χ2n) is 4.84. The van der Waals surface area contributed by atoms with Gasteiger partial charge in [-0.2, -0.15) is 0 Å². The van der Waals surface area contributed by atoms with Crippen molar-refractivity contribution in [3.63, 3.8) is 0 Å². The molecule has 0 spiro atoms. The third kappa shape index (κ3) is 2.92. The van der Waals surface area contributed by atoms with Crippen molar-refractivity contribution in [1.82, 2.24) is 14.9 Å². The average Bonchev–Trinajstić information content (AvgIpc) is 2.35. The van der Waals surface area contributed by atoms with Crippen molar-refractivity contribution in [3.05, 3.63) is 18.1 Å². The maximum Gasteiger partial charge on any atom is 0.158 e. The summed E-state index contributed by atoms with van der Waals surface area (Å²) in [6.45, 7) is 5.46. The lowest BCUT2D eigenvalue weighted by atomic mass is 9.97. The first-order chi connectivity index (χ1) is 8.20. The molecule has 1 fully saturated rings. The Kier molecular flexibility index (Phi) is 3.91. The molecule has 0 amide bonds. The zero-order valence-electron chi connectivity index (χ0n) is 10.6. The molecule has 2 heterocycles. The highest BCUT2D eigenvalue weighted by Crippen LogP contribution is 2.23. The molecule has 0 radical (unpaired) electrons. The second-order valence-corrected chi connectivity index (χ2v) is 4.84. The smallest absolute Gasteiger partial charge is 0.158 e. The second kappa shape index (κ2) is 5.42. The summed E-state index contributed by atoms with van der Waals surface area (Å²) in [4.78, 5) is 11.1. The molecule has 2 atom stereocenters. The molecule has 3 N–H and O–H groups in total. The first-order valence-electron chi connectivity index (χ1n) is 6.24. The van der Waals surface area contributed by atoms with E-state index in [1.807, 2.05) is 0 Å². The van der Waals surface area contributed by atoms with Gasteiger partial charge in [-0.05, 0) is 26.7 Å². The van der Waals surface area contributed by atoms with Crippen molar-refractivity contribution in [3.8, 4) is 0 Å². The van der Waals surface area contributed by atoms with Gasteiger partial charge in [0, 0.05) is 18.6 Å². The number of anilines is 1. The summed E-state index contributed by atoms with van der Waals surface area (Å²) in [6.07, 6.45) is 7.36. The standard InChI is InChI=1S/C12H21N5/c1-9-4-3-5-10(2)17(9)8-11-6-15-12(16-13)7-14-11/h6-7,9-10H,3-5,8,13H2,1-2H3,(H,15,16). The predicted molar refractivity (Wildman–Crippen MR) is 68.2 cm³/mol. The molecule has 0 saturated carbocycles. The average molecular weight is 235 g/mol. The van der Waals surface area contributed by atoms with Crippen molar-refractivity contribution in [1.29, 1.82) is 0 Å². The van der Waals surface area contributed by atoms with Crippen LogP contribution in [-0.2, 0) is 6.54 Å². The lowest BCUT2D eigenvalue weighted by molar-refractivity contribution is 0.0937. The Morgan fingerprint density at radius 1 is 1.29 bits per heavy atom. The monoisotopic (exact) mass is 235 g/mol. The van der Waals surface area contributed by atoms with Gasteiger partial charge in [0.2, 0.25) is 0 Å². The van der Waals surface area contributed by atoms with E-state index in [-0.39, 0.29) is 0 Å². The molecule has 1 saturated heterocycles. The fraction of sp³-hybridized carbons (Fsp3) is 0.667. The van der Waals surface area contributed by atoms with Crippen LogP contribution in [0.1, 0.15) is 38.8 Å². The number of likely N-dealkylation sites (tertiary alicyclic amines) is 1. The highest BCUT2D eigenvalue weighted by atomic mass is 15.3. The molecule has 2 unspecified atom stereocenters. The molecule has 1 aliphatic rings. The van der Waals surface area contributed by atoms with Crippen LogP contribution in [-0.4, -0.2) is 27.0 Å². The van der Waals surface area contributed by atoms with Gasteiger partial charge in [-0.3, -0.25) is 9.88 Å². The van der Waals surface area contributed by atoms with Crippen molar-refractivity contribution in [2.75, 3.05) is 5.43 Å². The minimum absolute atomic E-state index is 0.605. The number of hydrogen-bond acceptors (Lipinski definition) is 5. The van der Waals surface area contributed by atoms with Crippen LogP contribution in [0.5, 0.6) is 0 Å². The molecular formula is C12H21N5. The van der Waals surface area contributed by atoms with Crippen molar-refractivity contribution in [2.45, 2.75) is 51.7 Å². The molecule has 17 heavy (non-hydrogen) atoms. The van der Waals surface area contributed by atoms with E-state index < -0.39 is 0 Å². The van der Waals surface area contributed by atoms with Crippen LogP contribution in [0.2, 0.25) is 0 Å². The SMILES string of the molecule is CC1CCCC(C)N1Cc1cnc(NN)cn1. The summed E-state index contributed by atoms with van der Waals surface area (Å²) < 4.78 is 0. The number of nitrogen functional groups attached to an aromatic ring is 1. The molecule has 1 aromatic rings. The normalized spacial score (nSPS) is 25.8. The number of piperidine rings is 1. The number of hydrazine groups is 1. The molecule has 0 aliphatic carbocycles. The van der Waals surface area contributed by atoms with Crippen LogP contribution in [0, 0.1) is 0 Å². The van der Waals surface area contributed by atoms with Crippen molar-refractivity contribution < 1.29 is 0 Å². The number of nitrogens with zero attached hydrogens (tertiary/aromatic N) is 3. The molecule has 2 rings (SSSR count). The maximum absolute atomic E-state index is 5.27. The van der Waals surface area contributed by atoms with Gasteiger partial charge in [-0.25, -0.2) is 10.8 Å². The van der Waals surface area contributed by atoms with E-state index in [2.05, 4.69) is 34.1 Å². The number of aromatic nitrogens is 2. The molecule has 94 valence electrons. The minimum atomic E-state index is 0.605. The van der Waals surface area contributed by atoms with Crippen LogP contribution in [0.3, 0.4) is 0 Å². The minimum Gasteiger partial charge on any atom is -0.307 e. The highest BCUT2D eigenvalue weighted by Gasteiger charge is 2.24. The van der Waals surface area contributed by atoms with Gasteiger partial charge < -0.3 is 5.43 Å². The Morgan fingerprint density at radius 3 is 2.53 bits per heavy atom. The Labute approximate surface area is 102 Å². The van der Waals surface area contributed by atoms with Gasteiger partial charge in [0.1, 0.15) is 0 Å². The Bertz CT molecular complexity index is 340. The zero-order valence-corrected chi connectivity index (χ0v) is 10.6. The summed E-state index contributed by atoms with van der Waals surface area (Å²) in [6, 6.07) is 1.26.